The van der Waals surface area contributed by atoms with E-state index in [1.165, 1.54) is 199 Å². The van der Waals surface area contributed by atoms with E-state index >= 15 is 0 Å². The first-order valence-electron chi connectivity index (χ1n) is 28.3. The molecule has 0 aromatic carbocycles. The highest BCUT2D eigenvalue weighted by Gasteiger charge is 2.19. The quantitative estimate of drug-likeness (QED) is 0.0262. The Hall–Kier alpha value is -2.11. The molecule has 0 radical (unpaired) electrons. The van der Waals surface area contributed by atoms with E-state index in [4.69, 9.17) is 14.2 Å². The summed E-state index contributed by atoms with van der Waals surface area (Å²) in [6, 6.07) is 0. The van der Waals surface area contributed by atoms with E-state index in [1.807, 2.05) is 0 Å². The van der Waals surface area contributed by atoms with Gasteiger partial charge in [-0.15, -0.1) is 0 Å². The van der Waals surface area contributed by atoms with Crippen molar-refractivity contribution >= 4 is 17.9 Å². The van der Waals surface area contributed by atoms with Crippen LogP contribution < -0.4 is 0 Å². The average molecular weight is 901 g/mol. The average Bonchev–Trinajstić information content (AvgIpc) is 3.29. The van der Waals surface area contributed by atoms with Crippen molar-refractivity contribution in [1.82, 2.24) is 0 Å². The summed E-state index contributed by atoms with van der Waals surface area (Å²) in [5.41, 5.74) is 0. The minimum Gasteiger partial charge on any atom is -0.462 e. The normalized spacial score (nSPS) is 12.1. The molecule has 0 amide bonds. The number of hydrogen-bond acceptors (Lipinski definition) is 6. The van der Waals surface area contributed by atoms with Crippen LogP contribution in [0.2, 0.25) is 0 Å². The minimum atomic E-state index is -0.775. The van der Waals surface area contributed by atoms with Gasteiger partial charge < -0.3 is 14.2 Å². The van der Waals surface area contributed by atoms with Gasteiger partial charge in [-0.05, 0) is 70.6 Å². The maximum absolute atomic E-state index is 12.8. The van der Waals surface area contributed by atoms with E-state index in [0.717, 1.165) is 70.6 Å². The molecular weight excluding hydrogens is 793 g/mol. The Labute approximate surface area is 398 Å². The van der Waals surface area contributed by atoms with Crippen molar-refractivity contribution in [3.63, 3.8) is 0 Å². The molecule has 6 nitrogen and oxygen atoms in total. The molecule has 376 valence electrons. The molecule has 0 aromatic heterocycles. The van der Waals surface area contributed by atoms with Gasteiger partial charge in [-0.1, -0.05) is 244 Å². The number of carbonyl (C=O) groups is 3. The monoisotopic (exact) mass is 901 g/mol. The SMILES string of the molecule is CCCCCCC/C=C\CCCCCCCC(=O)OC[C@H](COC(=O)CCCCCCCCCCCCCCCCCCC)OC(=O)CCCCCCC/C=C\CCCCCCCC. The third kappa shape index (κ3) is 50.9. The fourth-order valence-corrected chi connectivity index (χ4v) is 8.37. The Morgan fingerprint density at radius 3 is 0.781 bits per heavy atom. The Morgan fingerprint density at radius 2 is 0.516 bits per heavy atom. The number of hydrogen-bond donors (Lipinski definition) is 0. The predicted molar refractivity (Wildman–Crippen MR) is 275 cm³/mol. The molecule has 0 fully saturated rings. The van der Waals surface area contributed by atoms with Gasteiger partial charge in [-0.25, -0.2) is 0 Å². The highest BCUT2D eigenvalue weighted by atomic mass is 16.6. The lowest BCUT2D eigenvalue weighted by atomic mass is 10.0. The van der Waals surface area contributed by atoms with Gasteiger partial charge in [-0.2, -0.15) is 0 Å². The predicted octanol–water partition coefficient (Wildman–Crippen LogP) is 18.7. The second-order valence-corrected chi connectivity index (χ2v) is 19.2. The fraction of sp³-hybridized carbons (Fsp3) is 0.879. The number of rotatable bonds is 52. The molecule has 0 aliphatic rings. The highest BCUT2D eigenvalue weighted by molar-refractivity contribution is 5.71. The molecule has 0 rings (SSSR count). The van der Waals surface area contributed by atoms with E-state index in [9.17, 15) is 14.4 Å². The van der Waals surface area contributed by atoms with Crippen LogP contribution in [-0.2, 0) is 28.6 Å². The van der Waals surface area contributed by atoms with Crippen LogP contribution in [0.25, 0.3) is 0 Å². The summed E-state index contributed by atoms with van der Waals surface area (Å²) in [6.45, 7) is 6.65. The summed E-state index contributed by atoms with van der Waals surface area (Å²) in [6.07, 6.45) is 61.6. The molecule has 0 unspecified atom stereocenters. The Kier molecular flexibility index (Phi) is 51.7. The molecule has 0 spiro atoms. The largest absolute Gasteiger partial charge is 0.462 e. The standard InChI is InChI=1S/C58H108O6/c1-4-7-10-13-16-19-22-25-28-29-31-33-36-39-42-45-48-51-57(60)63-54-55(53-62-56(59)50-47-44-41-38-35-32-27-24-21-18-15-12-9-6-3)64-58(61)52-49-46-43-40-37-34-30-26-23-20-17-14-11-8-5-2/h24,26-27,30,55H,4-23,25,28-29,31-54H2,1-3H3/b27-24-,30-26-/t55-/m1/s1. The van der Waals surface area contributed by atoms with Gasteiger partial charge in [0.2, 0.25) is 0 Å². The first-order valence-corrected chi connectivity index (χ1v) is 28.3. The molecule has 0 aliphatic heterocycles. The Bertz CT molecular complexity index is 1040. The van der Waals surface area contributed by atoms with Crippen LogP contribution in [0.5, 0.6) is 0 Å². The molecule has 64 heavy (non-hydrogen) atoms. The Balaban J connectivity index is 4.34. The van der Waals surface area contributed by atoms with Crippen LogP contribution in [0.3, 0.4) is 0 Å². The summed E-state index contributed by atoms with van der Waals surface area (Å²) >= 11 is 0. The number of ether oxygens (including phenoxy) is 3. The van der Waals surface area contributed by atoms with Crippen molar-refractivity contribution in [2.24, 2.45) is 0 Å². The van der Waals surface area contributed by atoms with Gasteiger partial charge in [0.1, 0.15) is 13.2 Å². The topological polar surface area (TPSA) is 78.9 Å². The maximum Gasteiger partial charge on any atom is 0.306 e. The molecule has 0 bridgehead atoms. The molecule has 1 atom stereocenters. The molecule has 6 heteroatoms. The van der Waals surface area contributed by atoms with Crippen LogP contribution in [0, 0.1) is 0 Å². The van der Waals surface area contributed by atoms with Gasteiger partial charge in [0.15, 0.2) is 6.10 Å². The van der Waals surface area contributed by atoms with Crippen molar-refractivity contribution in [2.75, 3.05) is 13.2 Å². The molecule has 0 aromatic rings. The summed E-state index contributed by atoms with van der Waals surface area (Å²) in [5.74, 6) is -0.872. The third-order valence-electron chi connectivity index (χ3n) is 12.7. The lowest BCUT2D eigenvalue weighted by Crippen LogP contribution is -2.30. The summed E-state index contributed by atoms with van der Waals surface area (Å²) in [4.78, 5) is 38.1. The summed E-state index contributed by atoms with van der Waals surface area (Å²) in [7, 11) is 0. The molecule has 0 saturated heterocycles. The van der Waals surface area contributed by atoms with Gasteiger partial charge in [0, 0.05) is 19.3 Å². The Morgan fingerprint density at radius 1 is 0.297 bits per heavy atom. The van der Waals surface area contributed by atoms with Crippen molar-refractivity contribution in [2.45, 2.75) is 316 Å². The second kappa shape index (κ2) is 53.5. The van der Waals surface area contributed by atoms with Crippen molar-refractivity contribution in [3.05, 3.63) is 24.3 Å². The van der Waals surface area contributed by atoms with Crippen molar-refractivity contribution in [3.8, 4) is 0 Å². The number of carbonyl (C=O) groups excluding carboxylic acids is 3. The number of allylic oxidation sites excluding steroid dienone is 4. The number of unbranched alkanes of at least 4 members (excludes halogenated alkanes) is 37. The van der Waals surface area contributed by atoms with E-state index in [1.54, 1.807) is 0 Å². The van der Waals surface area contributed by atoms with Gasteiger partial charge in [-0.3, -0.25) is 14.4 Å². The minimum absolute atomic E-state index is 0.0729. The zero-order valence-electron chi connectivity index (χ0n) is 43.1. The van der Waals surface area contributed by atoms with Crippen LogP contribution in [0.4, 0.5) is 0 Å². The van der Waals surface area contributed by atoms with Crippen molar-refractivity contribution < 1.29 is 28.6 Å². The molecule has 0 heterocycles. The van der Waals surface area contributed by atoms with Crippen LogP contribution in [-0.4, -0.2) is 37.2 Å². The molecule has 0 N–H and O–H groups in total. The first-order chi connectivity index (χ1) is 31.5. The van der Waals surface area contributed by atoms with Gasteiger partial charge in [0.05, 0.1) is 0 Å². The van der Waals surface area contributed by atoms with E-state index in [2.05, 4.69) is 45.1 Å². The summed E-state index contributed by atoms with van der Waals surface area (Å²) in [5, 5.41) is 0. The van der Waals surface area contributed by atoms with E-state index < -0.39 is 6.10 Å². The van der Waals surface area contributed by atoms with E-state index in [0.29, 0.717) is 19.3 Å². The molecule has 0 aliphatic carbocycles. The second-order valence-electron chi connectivity index (χ2n) is 19.2. The fourth-order valence-electron chi connectivity index (χ4n) is 8.37. The van der Waals surface area contributed by atoms with Crippen molar-refractivity contribution in [1.29, 1.82) is 0 Å². The zero-order valence-corrected chi connectivity index (χ0v) is 43.1. The van der Waals surface area contributed by atoms with Gasteiger partial charge in [0.25, 0.3) is 0 Å². The number of esters is 3. The zero-order chi connectivity index (χ0) is 46.5. The first kappa shape index (κ1) is 61.9. The summed E-state index contributed by atoms with van der Waals surface area (Å²) < 4.78 is 16.9. The van der Waals surface area contributed by atoms with Crippen LogP contribution >= 0.6 is 0 Å². The highest BCUT2D eigenvalue weighted by Crippen LogP contribution is 2.16. The molecule has 0 saturated carbocycles. The van der Waals surface area contributed by atoms with E-state index in [-0.39, 0.29) is 31.1 Å². The molecular formula is C58H108O6. The van der Waals surface area contributed by atoms with Crippen LogP contribution in [0.1, 0.15) is 310 Å². The lowest BCUT2D eigenvalue weighted by Gasteiger charge is -2.18. The van der Waals surface area contributed by atoms with Gasteiger partial charge >= 0.3 is 17.9 Å². The smallest absolute Gasteiger partial charge is 0.306 e. The lowest BCUT2D eigenvalue weighted by molar-refractivity contribution is -0.167. The van der Waals surface area contributed by atoms with Crippen LogP contribution in [0.15, 0.2) is 24.3 Å². The third-order valence-corrected chi connectivity index (χ3v) is 12.7. The maximum atomic E-state index is 12.8.